The second-order valence-corrected chi connectivity index (χ2v) is 7.38. The first-order chi connectivity index (χ1) is 14.3. The van der Waals surface area contributed by atoms with Crippen LogP contribution in [0.15, 0.2) is 24.3 Å². The number of anilines is 1. The molecule has 3 amide bonds. The van der Waals surface area contributed by atoms with Crippen LogP contribution in [0.3, 0.4) is 0 Å². The Morgan fingerprint density at radius 1 is 1.30 bits per heavy atom. The molecule has 3 N–H and O–H groups in total. The molecule has 1 aromatic rings. The summed E-state index contributed by atoms with van der Waals surface area (Å²) in [5.41, 5.74) is 1.09. The summed E-state index contributed by atoms with van der Waals surface area (Å²) in [5, 5.41) is 8.49. The Kier molecular flexibility index (Phi) is 8.64. The molecule has 0 saturated carbocycles. The van der Waals surface area contributed by atoms with Crippen molar-refractivity contribution in [3.63, 3.8) is 0 Å². The quantitative estimate of drug-likeness (QED) is 0.513. The van der Waals surface area contributed by atoms with Crippen LogP contribution < -0.4 is 16.0 Å². The Hall–Kier alpha value is -3.10. The summed E-state index contributed by atoms with van der Waals surface area (Å²) in [6.45, 7) is 6.49. The molecule has 2 rings (SSSR count). The molecule has 1 heterocycles. The van der Waals surface area contributed by atoms with E-state index in [0.29, 0.717) is 30.8 Å². The molecule has 0 radical (unpaired) electrons. The maximum Gasteiger partial charge on any atom is 0.308 e. The predicted octanol–water partition coefficient (Wildman–Crippen LogP) is 0.907. The van der Waals surface area contributed by atoms with Crippen molar-refractivity contribution >= 4 is 29.4 Å². The highest BCUT2D eigenvalue weighted by atomic mass is 16.5. The number of esters is 1. The van der Waals surface area contributed by atoms with Crippen molar-refractivity contribution in [1.29, 1.82) is 0 Å². The molecule has 1 aliphatic heterocycles. The van der Waals surface area contributed by atoms with Crippen LogP contribution in [-0.2, 0) is 19.1 Å². The number of benzene rings is 1. The average molecular weight is 418 g/mol. The molecule has 1 aromatic carbocycles. The molecule has 164 valence electrons. The molecule has 1 saturated heterocycles. The lowest BCUT2D eigenvalue weighted by atomic mass is 10.1. The standard InChI is InChI=1S/C21H30N4O5/c1-4-10-30-19(27)12-17-21(29)22-8-9-25(17)18(26)13-23-16-7-5-6-15(11-16)20(28)24-14(2)3/h5-7,11,14,17,23H,4,8-10,12-13H2,1-3H3,(H,22,29)(H,24,28). The number of hydrogen-bond acceptors (Lipinski definition) is 6. The van der Waals surface area contributed by atoms with Gasteiger partial charge in [0.25, 0.3) is 5.91 Å². The summed E-state index contributed by atoms with van der Waals surface area (Å²) >= 11 is 0. The molecule has 1 atom stereocenters. The van der Waals surface area contributed by atoms with Crippen LogP contribution in [0, 0.1) is 0 Å². The Balaban J connectivity index is 1.99. The van der Waals surface area contributed by atoms with Crippen molar-refractivity contribution in [2.24, 2.45) is 0 Å². The van der Waals surface area contributed by atoms with E-state index in [4.69, 9.17) is 4.74 Å². The number of hydrogen-bond donors (Lipinski definition) is 3. The van der Waals surface area contributed by atoms with Gasteiger partial charge in [-0.15, -0.1) is 0 Å². The molecule has 1 unspecified atom stereocenters. The number of rotatable bonds is 9. The van der Waals surface area contributed by atoms with Crippen LogP contribution >= 0.6 is 0 Å². The highest BCUT2D eigenvalue weighted by molar-refractivity contribution is 5.96. The lowest BCUT2D eigenvalue weighted by Gasteiger charge is -2.34. The highest BCUT2D eigenvalue weighted by Crippen LogP contribution is 2.13. The van der Waals surface area contributed by atoms with Crippen molar-refractivity contribution in [2.45, 2.75) is 45.7 Å². The minimum Gasteiger partial charge on any atom is -0.466 e. The molecular weight excluding hydrogens is 388 g/mol. The van der Waals surface area contributed by atoms with Gasteiger partial charge in [-0.25, -0.2) is 0 Å². The third-order valence-electron chi connectivity index (χ3n) is 4.47. The fourth-order valence-corrected chi connectivity index (χ4v) is 3.04. The number of carbonyl (C=O) groups excluding carboxylic acids is 4. The Morgan fingerprint density at radius 2 is 2.07 bits per heavy atom. The maximum absolute atomic E-state index is 12.7. The molecule has 9 nitrogen and oxygen atoms in total. The third kappa shape index (κ3) is 6.75. The number of ether oxygens (including phenoxy) is 1. The van der Waals surface area contributed by atoms with Crippen LogP contribution in [0.4, 0.5) is 5.69 Å². The fourth-order valence-electron chi connectivity index (χ4n) is 3.04. The topological polar surface area (TPSA) is 117 Å². The first-order valence-corrected chi connectivity index (χ1v) is 10.2. The van der Waals surface area contributed by atoms with Gasteiger partial charge < -0.3 is 25.6 Å². The summed E-state index contributed by atoms with van der Waals surface area (Å²) in [6.07, 6.45) is 0.506. The first-order valence-electron chi connectivity index (χ1n) is 10.2. The molecule has 1 aliphatic rings. The molecule has 0 bridgehead atoms. The van der Waals surface area contributed by atoms with Crippen LogP contribution in [-0.4, -0.2) is 66.9 Å². The Labute approximate surface area is 176 Å². The second kappa shape index (κ2) is 11.2. The minimum absolute atomic E-state index is 0.0156. The SMILES string of the molecule is CCCOC(=O)CC1C(=O)NCCN1C(=O)CNc1cccc(C(=O)NC(C)C)c1. The maximum atomic E-state index is 12.7. The van der Waals surface area contributed by atoms with E-state index in [1.807, 2.05) is 20.8 Å². The van der Waals surface area contributed by atoms with E-state index in [2.05, 4.69) is 16.0 Å². The number of nitrogens with zero attached hydrogens (tertiary/aromatic N) is 1. The van der Waals surface area contributed by atoms with Crippen LogP contribution in [0.1, 0.15) is 44.0 Å². The Morgan fingerprint density at radius 3 is 2.77 bits per heavy atom. The molecule has 1 fully saturated rings. The van der Waals surface area contributed by atoms with E-state index in [0.717, 1.165) is 0 Å². The average Bonchev–Trinajstić information content (AvgIpc) is 2.71. The van der Waals surface area contributed by atoms with Crippen molar-refractivity contribution < 1.29 is 23.9 Å². The van der Waals surface area contributed by atoms with Crippen molar-refractivity contribution in [3.8, 4) is 0 Å². The summed E-state index contributed by atoms with van der Waals surface area (Å²) in [4.78, 5) is 50.5. The zero-order valence-corrected chi connectivity index (χ0v) is 17.7. The van der Waals surface area contributed by atoms with E-state index in [1.54, 1.807) is 24.3 Å². The Bertz CT molecular complexity index is 780. The summed E-state index contributed by atoms with van der Waals surface area (Å²) in [7, 11) is 0. The van der Waals surface area contributed by atoms with Crippen molar-refractivity contribution in [2.75, 3.05) is 31.6 Å². The summed E-state index contributed by atoms with van der Waals surface area (Å²) in [5.74, 6) is -1.38. The van der Waals surface area contributed by atoms with Gasteiger partial charge in [0, 0.05) is 30.4 Å². The van der Waals surface area contributed by atoms with E-state index in [-0.39, 0.29) is 43.3 Å². The smallest absolute Gasteiger partial charge is 0.308 e. The fraction of sp³-hybridized carbons (Fsp3) is 0.524. The van der Waals surface area contributed by atoms with Gasteiger partial charge in [-0.1, -0.05) is 13.0 Å². The number of amides is 3. The van der Waals surface area contributed by atoms with Crippen LogP contribution in [0.5, 0.6) is 0 Å². The molecule has 0 aromatic heterocycles. The summed E-state index contributed by atoms with van der Waals surface area (Å²) < 4.78 is 5.05. The van der Waals surface area contributed by atoms with Crippen molar-refractivity contribution in [3.05, 3.63) is 29.8 Å². The second-order valence-electron chi connectivity index (χ2n) is 7.38. The lowest BCUT2D eigenvalue weighted by Crippen LogP contribution is -2.58. The van der Waals surface area contributed by atoms with E-state index in [1.165, 1.54) is 4.90 Å². The molecule has 0 spiro atoms. The lowest BCUT2D eigenvalue weighted by molar-refractivity contribution is -0.151. The zero-order chi connectivity index (χ0) is 22.1. The van der Waals surface area contributed by atoms with Gasteiger partial charge in [-0.2, -0.15) is 0 Å². The molecule has 9 heteroatoms. The van der Waals surface area contributed by atoms with Crippen LogP contribution in [0.2, 0.25) is 0 Å². The number of nitrogens with one attached hydrogen (secondary N) is 3. The largest absolute Gasteiger partial charge is 0.466 e. The van der Waals surface area contributed by atoms with E-state index in [9.17, 15) is 19.2 Å². The minimum atomic E-state index is -0.888. The predicted molar refractivity (Wildman–Crippen MR) is 112 cm³/mol. The molecule has 30 heavy (non-hydrogen) atoms. The van der Waals surface area contributed by atoms with Gasteiger partial charge in [0.15, 0.2) is 0 Å². The zero-order valence-electron chi connectivity index (χ0n) is 17.7. The number of piperazine rings is 1. The van der Waals surface area contributed by atoms with E-state index >= 15 is 0 Å². The molecular formula is C21H30N4O5. The third-order valence-corrected chi connectivity index (χ3v) is 4.47. The number of carbonyl (C=O) groups is 4. The van der Waals surface area contributed by atoms with Gasteiger partial charge in [0.2, 0.25) is 11.8 Å². The highest BCUT2D eigenvalue weighted by Gasteiger charge is 2.34. The van der Waals surface area contributed by atoms with Gasteiger partial charge in [0.05, 0.1) is 19.6 Å². The van der Waals surface area contributed by atoms with Gasteiger partial charge in [0.1, 0.15) is 6.04 Å². The molecule has 0 aliphatic carbocycles. The van der Waals surface area contributed by atoms with Crippen LogP contribution in [0.25, 0.3) is 0 Å². The monoisotopic (exact) mass is 418 g/mol. The van der Waals surface area contributed by atoms with Gasteiger partial charge >= 0.3 is 5.97 Å². The van der Waals surface area contributed by atoms with E-state index < -0.39 is 12.0 Å². The van der Waals surface area contributed by atoms with Gasteiger partial charge in [-0.3, -0.25) is 19.2 Å². The summed E-state index contributed by atoms with van der Waals surface area (Å²) in [6, 6.07) is 5.96. The first kappa shape index (κ1) is 23.2. The van der Waals surface area contributed by atoms with Crippen molar-refractivity contribution in [1.82, 2.24) is 15.5 Å². The van der Waals surface area contributed by atoms with Gasteiger partial charge in [-0.05, 0) is 38.5 Å². The normalized spacial score (nSPS) is 16.1.